The highest BCUT2D eigenvalue weighted by atomic mass is 19.1. The van der Waals surface area contributed by atoms with Gasteiger partial charge in [-0.05, 0) is 39.4 Å². The second kappa shape index (κ2) is 7.58. The van der Waals surface area contributed by atoms with E-state index in [1.807, 2.05) is 4.90 Å². The Morgan fingerprint density at radius 3 is 2.82 bits per heavy atom. The second-order valence-electron chi connectivity index (χ2n) is 6.09. The van der Waals surface area contributed by atoms with Crippen LogP contribution in [0, 0.1) is 5.82 Å². The third kappa shape index (κ3) is 4.44. The summed E-state index contributed by atoms with van der Waals surface area (Å²) in [6.07, 6.45) is 1.11. The van der Waals surface area contributed by atoms with Gasteiger partial charge in [-0.2, -0.15) is 0 Å². The first-order valence-electron chi connectivity index (χ1n) is 7.85. The number of piperazine rings is 1. The Hall–Kier alpha value is -1.62. The van der Waals surface area contributed by atoms with Gasteiger partial charge in [0.05, 0.1) is 6.61 Å². The number of likely N-dealkylation sites (N-methyl/N-ethyl adjacent to an activating group) is 1. The highest BCUT2D eigenvalue weighted by molar-refractivity contribution is 5.76. The average Bonchev–Trinajstić information content (AvgIpc) is 2.47. The van der Waals surface area contributed by atoms with E-state index >= 15 is 0 Å². The molecular formula is C17H25FN2O2. The maximum Gasteiger partial charge on any atom is 0.223 e. The molecular weight excluding hydrogens is 283 g/mol. The SMILES string of the molecule is C[C@@H]1CN(C(=O)CCCOc2cccc(F)c2)[C@@H](C)CN1C. The van der Waals surface area contributed by atoms with E-state index in [-0.39, 0.29) is 17.8 Å². The molecule has 5 heteroatoms. The molecule has 0 aliphatic carbocycles. The van der Waals surface area contributed by atoms with Crippen molar-refractivity contribution >= 4 is 5.91 Å². The minimum absolute atomic E-state index is 0.176. The average molecular weight is 308 g/mol. The highest BCUT2D eigenvalue weighted by Crippen LogP contribution is 2.16. The van der Waals surface area contributed by atoms with Crippen LogP contribution in [0.5, 0.6) is 5.75 Å². The van der Waals surface area contributed by atoms with E-state index in [0.29, 0.717) is 31.2 Å². The number of amides is 1. The van der Waals surface area contributed by atoms with Gasteiger partial charge in [0.2, 0.25) is 5.91 Å². The monoisotopic (exact) mass is 308 g/mol. The second-order valence-corrected chi connectivity index (χ2v) is 6.09. The molecule has 22 heavy (non-hydrogen) atoms. The van der Waals surface area contributed by atoms with Crippen molar-refractivity contribution in [3.8, 4) is 5.75 Å². The molecule has 2 atom stereocenters. The summed E-state index contributed by atoms with van der Waals surface area (Å²) in [5.41, 5.74) is 0. The summed E-state index contributed by atoms with van der Waals surface area (Å²) in [6, 6.07) is 6.71. The molecule has 1 heterocycles. The molecule has 4 nitrogen and oxygen atoms in total. The molecule has 0 unspecified atom stereocenters. The molecule has 0 N–H and O–H groups in total. The fraction of sp³-hybridized carbons (Fsp3) is 0.588. The Bertz CT molecular complexity index is 509. The van der Waals surface area contributed by atoms with E-state index in [4.69, 9.17) is 4.74 Å². The number of hydrogen-bond acceptors (Lipinski definition) is 3. The Morgan fingerprint density at radius 1 is 1.32 bits per heavy atom. The fourth-order valence-corrected chi connectivity index (χ4v) is 2.76. The van der Waals surface area contributed by atoms with Crippen LogP contribution < -0.4 is 4.74 Å². The van der Waals surface area contributed by atoms with Crippen molar-refractivity contribution in [1.29, 1.82) is 0 Å². The fourth-order valence-electron chi connectivity index (χ4n) is 2.76. The first kappa shape index (κ1) is 16.7. The number of carbonyl (C=O) groups is 1. The topological polar surface area (TPSA) is 32.8 Å². The molecule has 0 spiro atoms. The van der Waals surface area contributed by atoms with Gasteiger partial charge in [0.1, 0.15) is 11.6 Å². The van der Waals surface area contributed by atoms with Crippen LogP contribution in [0.25, 0.3) is 0 Å². The van der Waals surface area contributed by atoms with Crippen LogP contribution in [0.15, 0.2) is 24.3 Å². The number of benzene rings is 1. The molecule has 0 aromatic heterocycles. The predicted octanol–water partition coefficient (Wildman–Crippen LogP) is 2.54. The van der Waals surface area contributed by atoms with Gasteiger partial charge in [-0.1, -0.05) is 6.07 Å². The molecule has 2 rings (SSSR count). The summed E-state index contributed by atoms with van der Waals surface area (Å²) < 4.78 is 18.5. The Morgan fingerprint density at radius 2 is 2.09 bits per heavy atom. The Balaban J connectivity index is 1.73. The van der Waals surface area contributed by atoms with Gasteiger partial charge < -0.3 is 9.64 Å². The number of halogens is 1. The zero-order valence-corrected chi connectivity index (χ0v) is 13.6. The summed E-state index contributed by atoms with van der Waals surface area (Å²) in [6.45, 7) is 6.34. The molecule has 1 amide bonds. The molecule has 0 saturated carbocycles. The lowest BCUT2D eigenvalue weighted by molar-refractivity contribution is -0.137. The number of nitrogens with zero attached hydrogens (tertiary/aromatic N) is 2. The van der Waals surface area contributed by atoms with E-state index < -0.39 is 0 Å². The van der Waals surface area contributed by atoms with Gasteiger partial charge in [-0.25, -0.2) is 4.39 Å². The van der Waals surface area contributed by atoms with E-state index in [1.54, 1.807) is 12.1 Å². The Labute approximate surface area is 131 Å². The molecule has 1 aromatic rings. The smallest absolute Gasteiger partial charge is 0.223 e. The van der Waals surface area contributed by atoms with Gasteiger partial charge >= 0.3 is 0 Å². The predicted molar refractivity (Wildman–Crippen MR) is 84.4 cm³/mol. The number of hydrogen-bond donors (Lipinski definition) is 0. The maximum absolute atomic E-state index is 13.0. The molecule has 0 radical (unpaired) electrons. The Kier molecular flexibility index (Phi) is 5.77. The van der Waals surface area contributed by atoms with Gasteiger partial charge in [0.15, 0.2) is 0 Å². The van der Waals surface area contributed by atoms with Crippen molar-refractivity contribution < 1.29 is 13.9 Å². The number of carbonyl (C=O) groups excluding carboxylic acids is 1. The van der Waals surface area contributed by atoms with E-state index in [2.05, 4.69) is 25.8 Å². The van der Waals surface area contributed by atoms with Crippen molar-refractivity contribution in [2.45, 2.75) is 38.8 Å². The van der Waals surface area contributed by atoms with Crippen molar-refractivity contribution in [3.05, 3.63) is 30.1 Å². The summed E-state index contributed by atoms with van der Waals surface area (Å²) in [7, 11) is 2.09. The highest BCUT2D eigenvalue weighted by Gasteiger charge is 2.29. The van der Waals surface area contributed by atoms with Gasteiger partial charge in [-0.3, -0.25) is 9.69 Å². The molecule has 1 aliphatic rings. The van der Waals surface area contributed by atoms with Crippen molar-refractivity contribution in [1.82, 2.24) is 9.80 Å². The van der Waals surface area contributed by atoms with Crippen molar-refractivity contribution in [2.24, 2.45) is 0 Å². The lowest BCUT2D eigenvalue weighted by Crippen LogP contribution is -2.56. The molecule has 122 valence electrons. The van der Waals surface area contributed by atoms with Crippen LogP contribution in [0.1, 0.15) is 26.7 Å². The zero-order chi connectivity index (χ0) is 16.1. The van der Waals surface area contributed by atoms with Gasteiger partial charge in [-0.15, -0.1) is 0 Å². The number of ether oxygens (including phenoxy) is 1. The summed E-state index contributed by atoms with van der Waals surface area (Å²) in [4.78, 5) is 16.6. The first-order chi connectivity index (χ1) is 10.5. The first-order valence-corrected chi connectivity index (χ1v) is 7.85. The van der Waals surface area contributed by atoms with Crippen LogP contribution >= 0.6 is 0 Å². The van der Waals surface area contributed by atoms with E-state index in [9.17, 15) is 9.18 Å². The lowest BCUT2D eigenvalue weighted by Gasteiger charge is -2.42. The maximum atomic E-state index is 13.0. The molecule has 1 fully saturated rings. The lowest BCUT2D eigenvalue weighted by atomic mass is 10.1. The van der Waals surface area contributed by atoms with Crippen molar-refractivity contribution in [2.75, 3.05) is 26.7 Å². The van der Waals surface area contributed by atoms with Crippen LogP contribution in [-0.4, -0.2) is 54.5 Å². The van der Waals surface area contributed by atoms with Crippen LogP contribution in [-0.2, 0) is 4.79 Å². The zero-order valence-electron chi connectivity index (χ0n) is 13.6. The van der Waals surface area contributed by atoms with E-state index in [1.165, 1.54) is 12.1 Å². The quantitative estimate of drug-likeness (QED) is 0.784. The largest absolute Gasteiger partial charge is 0.493 e. The van der Waals surface area contributed by atoms with Crippen LogP contribution in [0.3, 0.4) is 0 Å². The van der Waals surface area contributed by atoms with Crippen LogP contribution in [0.4, 0.5) is 4.39 Å². The summed E-state index contributed by atoms with van der Waals surface area (Å²) in [5, 5.41) is 0. The van der Waals surface area contributed by atoms with Crippen molar-refractivity contribution in [3.63, 3.8) is 0 Å². The summed E-state index contributed by atoms with van der Waals surface area (Å²) >= 11 is 0. The minimum Gasteiger partial charge on any atom is -0.493 e. The summed E-state index contributed by atoms with van der Waals surface area (Å²) in [5.74, 6) is 0.373. The minimum atomic E-state index is -0.311. The molecule has 1 saturated heterocycles. The van der Waals surface area contributed by atoms with Crippen LogP contribution in [0.2, 0.25) is 0 Å². The third-order valence-electron chi connectivity index (χ3n) is 4.22. The number of rotatable bonds is 5. The van der Waals surface area contributed by atoms with Gasteiger partial charge in [0, 0.05) is 37.7 Å². The normalized spacial score (nSPS) is 22.6. The van der Waals surface area contributed by atoms with Gasteiger partial charge in [0.25, 0.3) is 0 Å². The molecule has 0 bridgehead atoms. The molecule has 1 aromatic carbocycles. The standard InChI is InChI=1S/C17H25FN2O2/c1-13-12-20(14(2)11-19(13)3)17(21)8-5-9-22-16-7-4-6-15(18)10-16/h4,6-7,10,13-14H,5,8-9,11-12H2,1-3H3/t13-,14+/m1/s1. The third-order valence-corrected chi connectivity index (χ3v) is 4.22. The van der Waals surface area contributed by atoms with E-state index in [0.717, 1.165) is 13.1 Å². The molecule has 1 aliphatic heterocycles.